The highest BCUT2D eigenvalue weighted by Gasteiger charge is 2.11. The molecule has 1 aromatic rings. The minimum Gasteiger partial charge on any atom is -0.483 e. The van der Waals surface area contributed by atoms with Crippen molar-refractivity contribution in [3.63, 3.8) is 0 Å². The number of ether oxygens (including phenoxy) is 1. The summed E-state index contributed by atoms with van der Waals surface area (Å²) < 4.78 is 5.26. The molecular formula is C11H17N3O2S. The van der Waals surface area contributed by atoms with Crippen molar-refractivity contribution in [2.45, 2.75) is 26.9 Å². The van der Waals surface area contributed by atoms with Gasteiger partial charge in [0.1, 0.15) is 11.6 Å². The predicted octanol–water partition coefficient (Wildman–Crippen LogP) is 1.29. The van der Waals surface area contributed by atoms with Crippen LogP contribution in [0, 0.1) is 6.92 Å². The van der Waals surface area contributed by atoms with Crippen molar-refractivity contribution in [1.29, 1.82) is 0 Å². The molecule has 1 aromatic heterocycles. The Morgan fingerprint density at radius 2 is 2.35 bits per heavy atom. The van der Waals surface area contributed by atoms with Gasteiger partial charge < -0.3 is 15.2 Å². The van der Waals surface area contributed by atoms with E-state index in [-0.39, 0.29) is 0 Å². The second-order valence-electron chi connectivity index (χ2n) is 3.63. The molecule has 0 unspecified atom stereocenters. The van der Waals surface area contributed by atoms with Gasteiger partial charge in [-0.05, 0) is 33.0 Å². The number of rotatable bonds is 5. The van der Waals surface area contributed by atoms with Crippen LogP contribution in [0.2, 0.25) is 0 Å². The highest BCUT2D eigenvalue weighted by molar-refractivity contribution is 7.80. The third-order valence-corrected chi connectivity index (χ3v) is 2.31. The Morgan fingerprint density at radius 3 is 2.94 bits per heavy atom. The van der Waals surface area contributed by atoms with Crippen LogP contribution < -0.4 is 5.32 Å². The molecule has 0 aliphatic carbocycles. The Hall–Kier alpha value is -1.27. The second kappa shape index (κ2) is 6.46. The lowest BCUT2D eigenvalue weighted by molar-refractivity contribution is 0.208. The number of nitrogens with one attached hydrogen (secondary N) is 1. The molecule has 0 spiro atoms. The molecule has 1 atom stereocenters. The van der Waals surface area contributed by atoms with Crippen LogP contribution in [0.4, 0.5) is 5.82 Å². The Balaban J connectivity index is 2.91. The molecule has 0 bridgehead atoms. The van der Waals surface area contributed by atoms with E-state index in [2.05, 4.69) is 15.3 Å². The summed E-state index contributed by atoms with van der Waals surface area (Å²) in [6.07, 6.45) is 1.17. The van der Waals surface area contributed by atoms with Crippen LogP contribution in [0.3, 0.4) is 0 Å². The first-order chi connectivity index (χ1) is 8.04. The molecule has 94 valence electrons. The van der Waals surface area contributed by atoms with Crippen LogP contribution in [0.1, 0.15) is 25.2 Å². The largest absolute Gasteiger partial charge is 0.483 e. The molecule has 6 heteroatoms. The van der Waals surface area contributed by atoms with E-state index in [0.29, 0.717) is 35.4 Å². The average Bonchev–Trinajstić information content (AvgIpc) is 2.26. The maximum atomic E-state index is 9.25. The van der Waals surface area contributed by atoms with Crippen LogP contribution >= 0.6 is 12.2 Å². The third-order valence-electron chi connectivity index (χ3n) is 1.97. The first-order valence-corrected chi connectivity index (χ1v) is 5.88. The lowest BCUT2D eigenvalue weighted by Crippen LogP contribution is -2.19. The first-order valence-electron chi connectivity index (χ1n) is 5.47. The SMILES string of the molecule is CCOC(=S)c1cnc(C)nc1NC[C@H](C)O. The lowest BCUT2D eigenvalue weighted by Gasteiger charge is -2.13. The number of thiocarbonyl (C=S) groups is 1. The number of aromatic nitrogens is 2. The molecule has 0 saturated heterocycles. The van der Waals surface area contributed by atoms with Gasteiger partial charge in [0.2, 0.25) is 0 Å². The summed E-state index contributed by atoms with van der Waals surface area (Å²) in [5.74, 6) is 1.23. The molecule has 0 amide bonds. The summed E-state index contributed by atoms with van der Waals surface area (Å²) in [5, 5.41) is 12.6. The van der Waals surface area contributed by atoms with Crippen molar-refractivity contribution in [3.05, 3.63) is 17.6 Å². The van der Waals surface area contributed by atoms with Gasteiger partial charge >= 0.3 is 0 Å². The zero-order chi connectivity index (χ0) is 12.8. The molecular weight excluding hydrogens is 238 g/mol. The van der Waals surface area contributed by atoms with Gasteiger partial charge in [-0.2, -0.15) is 0 Å². The van der Waals surface area contributed by atoms with Crippen molar-refractivity contribution in [1.82, 2.24) is 9.97 Å². The van der Waals surface area contributed by atoms with E-state index in [9.17, 15) is 5.11 Å². The topological polar surface area (TPSA) is 67.3 Å². The molecule has 0 aromatic carbocycles. The number of nitrogens with zero attached hydrogens (tertiary/aromatic N) is 2. The van der Waals surface area contributed by atoms with Gasteiger partial charge in [0.15, 0.2) is 5.05 Å². The summed E-state index contributed by atoms with van der Waals surface area (Å²) in [4.78, 5) is 8.34. The number of hydrogen-bond donors (Lipinski definition) is 2. The number of anilines is 1. The van der Waals surface area contributed by atoms with Gasteiger partial charge in [-0.15, -0.1) is 0 Å². The van der Waals surface area contributed by atoms with E-state index in [4.69, 9.17) is 17.0 Å². The standard InChI is InChI=1S/C11H17N3O2S/c1-4-16-11(17)9-6-12-8(3)14-10(9)13-5-7(2)15/h6-7,15H,4-5H2,1-3H3,(H,12,13,14)/t7-/m0/s1. The van der Waals surface area contributed by atoms with E-state index in [1.54, 1.807) is 20.0 Å². The fourth-order valence-electron chi connectivity index (χ4n) is 1.21. The fraction of sp³-hybridized carbons (Fsp3) is 0.545. The smallest absolute Gasteiger partial charge is 0.196 e. The molecule has 0 saturated carbocycles. The number of aliphatic hydroxyl groups is 1. The van der Waals surface area contributed by atoms with Crippen molar-refractivity contribution >= 4 is 23.1 Å². The van der Waals surface area contributed by atoms with Crippen LogP contribution in [-0.2, 0) is 4.74 Å². The fourth-order valence-corrected chi connectivity index (χ4v) is 1.47. The number of aliphatic hydroxyl groups excluding tert-OH is 1. The average molecular weight is 255 g/mol. The van der Waals surface area contributed by atoms with Gasteiger partial charge in [-0.25, -0.2) is 9.97 Å². The van der Waals surface area contributed by atoms with Gasteiger partial charge in [-0.1, -0.05) is 0 Å². The van der Waals surface area contributed by atoms with Crippen molar-refractivity contribution in [2.24, 2.45) is 0 Å². The van der Waals surface area contributed by atoms with Crippen molar-refractivity contribution < 1.29 is 9.84 Å². The summed E-state index contributed by atoms with van der Waals surface area (Å²) >= 11 is 5.13. The quantitative estimate of drug-likeness (QED) is 0.773. The van der Waals surface area contributed by atoms with E-state index in [1.165, 1.54) is 0 Å². The molecule has 5 nitrogen and oxygen atoms in total. The first kappa shape index (κ1) is 13.8. The molecule has 0 aliphatic rings. The van der Waals surface area contributed by atoms with Gasteiger partial charge in [0.05, 0.1) is 18.3 Å². The number of hydrogen-bond acceptors (Lipinski definition) is 6. The Morgan fingerprint density at radius 1 is 1.65 bits per heavy atom. The summed E-state index contributed by atoms with van der Waals surface area (Å²) in [5.41, 5.74) is 0.646. The normalized spacial score (nSPS) is 12.0. The molecule has 1 rings (SSSR count). The molecule has 17 heavy (non-hydrogen) atoms. The molecule has 0 fully saturated rings. The maximum absolute atomic E-state index is 9.25. The van der Waals surface area contributed by atoms with Gasteiger partial charge in [0, 0.05) is 12.7 Å². The Labute approximate surface area is 106 Å². The summed E-state index contributed by atoms with van der Waals surface area (Å²) in [7, 11) is 0. The van der Waals surface area contributed by atoms with Gasteiger partial charge in [-0.3, -0.25) is 0 Å². The van der Waals surface area contributed by atoms with Crippen molar-refractivity contribution in [2.75, 3.05) is 18.5 Å². The lowest BCUT2D eigenvalue weighted by atomic mass is 10.3. The third kappa shape index (κ3) is 4.24. The summed E-state index contributed by atoms with van der Waals surface area (Å²) in [6.45, 7) is 6.26. The molecule has 0 aliphatic heterocycles. The van der Waals surface area contributed by atoms with Crippen LogP contribution in [-0.4, -0.2) is 39.4 Å². The van der Waals surface area contributed by atoms with Gasteiger partial charge in [0.25, 0.3) is 0 Å². The Kier molecular flexibility index (Phi) is 5.24. The van der Waals surface area contributed by atoms with Crippen LogP contribution in [0.25, 0.3) is 0 Å². The van der Waals surface area contributed by atoms with Crippen LogP contribution in [0.5, 0.6) is 0 Å². The number of aryl methyl sites for hydroxylation is 1. The van der Waals surface area contributed by atoms with E-state index >= 15 is 0 Å². The molecule has 0 radical (unpaired) electrons. The van der Waals surface area contributed by atoms with E-state index < -0.39 is 6.10 Å². The highest BCUT2D eigenvalue weighted by Crippen LogP contribution is 2.14. The zero-order valence-corrected chi connectivity index (χ0v) is 11.0. The second-order valence-corrected chi connectivity index (χ2v) is 4.00. The van der Waals surface area contributed by atoms with E-state index in [0.717, 1.165) is 0 Å². The van der Waals surface area contributed by atoms with E-state index in [1.807, 2.05) is 6.92 Å². The van der Waals surface area contributed by atoms with Crippen LogP contribution in [0.15, 0.2) is 6.20 Å². The Bertz CT molecular complexity index is 396. The molecule has 2 N–H and O–H groups in total. The maximum Gasteiger partial charge on any atom is 0.196 e. The summed E-state index contributed by atoms with van der Waals surface area (Å²) in [6, 6.07) is 0. The minimum atomic E-state index is -0.459. The minimum absolute atomic E-state index is 0.362. The predicted molar refractivity (Wildman–Crippen MR) is 70.3 cm³/mol. The molecule has 1 heterocycles. The highest BCUT2D eigenvalue weighted by atomic mass is 32.1. The zero-order valence-electron chi connectivity index (χ0n) is 10.2. The van der Waals surface area contributed by atoms with Crippen molar-refractivity contribution in [3.8, 4) is 0 Å². The monoisotopic (exact) mass is 255 g/mol.